The van der Waals surface area contributed by atoms with Crippen molar-refractivity contribution in [1.82, 2.24) is 37.2 Å². The van der Waals surface area contributed by atoms with Gasteiger partial charge in [0.2, 0.25) is 47.3 Å². The normalized spacial score (nSPS) is 14.1. The molecule has 6 atom stereocenters. The van der Waals surface area contributed by atoms with Crippen molar-refractivity contribution in [3.05, 3.63) is 0 Å². The molecule has 288 valence electrons. The Morgan fingerprint density at radius 3 is 1.69 bits per heavy atom. The van der Waals surface area contributed by atoms with E-state index in [-0.39, 0.29) is 12.8 Å². The van der Waals surface area contributed by atoms with E-state index in [0.717, 1.165) is 0 Å². The number of hydrogen-bond acceptors (Lipinski definition) is 13. The summed E-state index contributed by atoms with van der Waals surface area (Å²) >= 11 is 0. The molecule has 0 rings (SSSR count). The van der Waals surface area contributed by atoms with Crippen LogP contribution in [-0.4, -0.2) is 137 Å². The highest BCUT2D eigenvalue weighted by Gasteiger charge is 2.30. The van der Waals surface area contributed by atoms with Crippen LogP contribution in [0.25, 0.3) is 0 Å². The molecule has 0 radical (unpaired) electrons. The lowest BCUT2D eigenvalue weighted by atomic mass is 10.1. The Balaban J connectivity index is 5.27. The van der Waals surface area contributed by atoms with Gasteiger partial charge in [0.1, 0.15) is 30.2 Å². The van der Waals surface area contributed by atoms with Crippen LogP contribution in [0.5, 0.6) is 0 Å². The fraction of sp³-hybridized carbons (Fsp3) is 0.643. The number of aliphatic hydroxyl groups is 1. The van der Waals surface area contributed by atoms with Gasteiger partial charge in [-0.3, -0.25) is 43.2 Å². The van der Waals surface area contributed by atoms with Crippen molar-refractivity contribution in [3.8, 4) is 0 Å². The third-order valence-electron chi connectivity index (χ3n) is 6.75. The summed E-state index contributed by atoms with van der Waals surface area (Å²) in [5.74, 6) is -10.3. The smallest absolute Gasteiger partial charge is 0.326 e. The molecule has 0 fully saturated rings. The third-order valence-corrected chi connectivity index (χ3v) is 6.75. The highest BCUT2D eigenvalue weighted by molar-refractivity contribution is 5.96. The van der Waals surface area contributed by atoms with Gasteiger partial charge in [-0.25, -0.2) is 4.79 Å². The Bertz CT molecular complexity index is 1280. The second-order valence-corrected chi connectivity index (χ2v) is 11.2. The van der Waals surface area contributed by atoms with Crippen LogP contribution in [0.4, 0.5) is 0 Å². The van der Waals surface area contributed by atoms with E-state index in [1.165, 1.54) is 13.8 Å². The van der Waals surface area contributed by atoms with Crippen molar-refractivity contribution in [2.24, 2.45) is 17.2 Å². The molecule has 0 bridgehead atoms. The number of primary amides is 1. The number of rotatable bonds is 25. The van der Waals surface area contributed by atoms with Gasteiger partial charge < -0.3 is 69.7 Å². The number of nitrogens with one attached hydrogen (secondary N) is 7. The highest BCUT2D eigenvalue weighted by Crippen LogP contribution is 2.04. The zero-order chi connectivity index (χ0) is 39.3. The maximum absolute atomic E-state index is 13.0. The predicted octanol–water partition coefficient (Wildman–Crippen LogP) is -7.04. The summed E-state index contributed by atoms with van der Waals surface area (Å²) in [4.78, 5) is 121. The topological polar surface area (TPSA) is 394 Å². The Labute approximate surface area is 291 Å². The van der Waals surface area contributed by atoms with E-state index < -0.39 is 128 Å². The fourth-order valence-electron chi connectivity index (χ4n) is 3.92. The summed E-state index contributed by atoms with van der Waals surface area (Å²) in [6.45, 7) is 0.492. The molecular formula is C28H48N10O13. The van der Waals surface area contributed by atoms with Gasteiger partial charge in [-0.2, -0.15) is 0 Å². The minimum atomic E-state index is -1.76. The molecule has 0 aromatic rings. The van der Waals surface area contributed by atoms with Gasteiger partial charge in [-0.05, 0) is 46.1 Å². The Morgan fingerprint density at radius 1 is 0.627 bits per heavy atom. The van der Waals surface area contributed by atoms with Gasteiger partial charge in [0.15, 0.2) is 0 Å². The number of unbranched alkanes of at least 4 members (excludes halogenated alkanes) is 1. The number of amides is 8. The van der Waals surface area contributed by atoms with Crippen LogP contribution in [0.1, 0.15) is 52.4 Å². The maximum Gasteiger partial charge on any atom is 0.326 e. The standard InChI is InChI=1S/C28H48N10O13/c1-13(30)23(45)35-15(5-3-4-8-29)26(48)38-18(12-39)27(49)36-16(6-7-19(31)40)25(47)33-10-20(41)32-11-21(42)34-14(2)24(46)37-17(28(50)51)9-22(43)44/h13-18,39H,3-12,29-30H2,1-2H3,(H2,31,40)(H,32,41)(H,33,47)(H,34,42)(H,35,45)(H,36,49)(H,37,46)(H,38,48)(H,43,44)(H,50,51). The maximum atomic E-state index is 13.0. The number of aliphatic carboxylic acids is 2. The number of nitrogens with two attached hydrogens (primary N) is 3. The molecule has 23 heteroatoms. The van der Waals surface area contributed by atoms with Gasteiger partial charge >= 0.3 is 11.9 Å². The molecule has 16 N–H and O–H groups in total. The van der Waals surface area contributed by atoms with Gasteiger partial charge in [0.05, 0.1) is 32.2 Å². The third kappa shape index (κ3) is 19.4. The van der Waals surface area contributed by atoms with Gasteiger partial charge in [-0.1, -0.05) is 0 Å². The van der Waals surface area contributed by atoms with Crippen LogP contribution >= 0.6 is 0 Å². The van der Waals surface area contributed by atoms with Gasteiger partial charge in [0, 0.05) is 6.42 Å². The molecule has 8 amide bonds. The predicted molar refractivity (Wildman–Crippen MR) is 173 cm³/mol. The van der Waals surface area contributed by atoms with E-state index in [1.54, 1.807) is 0 Å². The van der Waals surface area contributed by atoms with Crippen molar-refractivity contribution in [2.75, 3.05) is 26.2 Å². The van der Waals surface area contributed by atoms with Crippen LogP contribution in [0, 0.1) is 0 Å². The average molecular weight is 733 g/mol. The first-order chi connectivity index (χ1) is 23.8. The molecule has 0 saturated heterocycles. The van der Waals surface area contributed by atoms with E-state index in [2.05, 4.69) is 31.9 Å². The number of carbonyl (C=O) groups is 10. The molecule has 6 unspecified atom stereocenters. The molecule has 0 spiro atoms. The number of aliphatic hydroxyl groups excluding tert-OH is 1. The Morgan fingerprint density at radius 2 is 1.16 bits per heavy atom. The van der Waals surface area contributed by atoms with E-state index in [9.17, 15) is 53.1 Å². The number of hydrogen-bond donors (Lipinski definition) is 13. The quantitative estimate of drug-likeness (QED) is 0.0388. The molecule has 23 nitrogen and oxygen atoms in total. The lowest BCUT2D eigenvalue weighted by molar-refractivity contribution is -0.147. The minimum Gasteiger partial charge on any atom is -0.481 e. The van der Waals surface area contributed by atoms with Crippen LogP contribution in [-0.2, 0) is 47.9 Å². The van der Waals surface area contributed by atoms with Crippen molar-refractivity contribution in [3.63, 3.8) is 0 Å². The molecule has 0 aliphatic rings. The lowest BCUT2D eigenvalue weighted by Gasteiger charge is -2.24. The first-order valence-electron chi connectivity index (χ1n) is 15.7. The highest BCUT2D eigenvalue weighted by atomic mass is 16.4. The molecule has 0 aliphatic carbocycles. The average Bonchev–Trinajstić information content (AvgIpc) is 3.05. The molecular weight excluding hydrogens is 684 g/mol. The molecule has 0 saturated carbocycles. The van der Waals surface area contributed by atoms with Crippen molar-refractivity contribution < 1.29 is 63.3 Å². The van der Waals surface area contributed by atoms with Crippen molar-refractivity contribution in [2.45, 2.75) is 88.6 Å². The fourth-order valence-corrected chi connectivity index (χ4v) is 3.92. The zero-order valence-corrected chi connectivity index (χ0v) is 28.2. The first kappa shape index (κ1) is 45.6. The van der Waals surface area contributed by atoms with Crippen LogP contribution in [0.15, 0.2) is 0 Å². The van der Waals surface area contributed by atoms with E-state index in [4.69, 9.17) is 27.4 Å². The zero-order valence-electron chi connectivity index (χ0n) is 28.2. The van der Waals surface area contributed by atoms with E-state index in [0.29, 0.717) is 19.4 Å². The number of carbonyl (C=O) groups excluding carboxylic acids is 8. The lowest BCUT2D eigenvalue weighted by Crippen LogP contribution is -2.59. The second-order valence-electron chi connectivity index (χ2n) is 11.2. The summed E-state index contributed by atoms with van der Waals surface area (Å²) in [6.07, 6.45) is -0.589. The van der Waals surface area contributed by atoms with Crippen LogP contribution in [0.3, 0.4) is 0 Å². The second kappa shape index (κ2) is 23.9. The Kier molecular flexibility index (Phi) is 21.3. The van der Waals surface area contributed by atoms with Crippen LogP contribution in [0.2, 0.25) is 0 Å². The molecule has 51 heavy (non-hydrogen) atoms. The van der Waals surface area contributed by atoms with E-state index in [1.807, 2.05) is 5.32 Å². The van der Waals surface area contributed by atoms with Crippen molar-refractivity contribution >= 4 is 59.2 Å². The van der Waals surface area contributed by atoms with Gasteiger partial charge in [0.25, 0.3) is 0 Å². The Hall–Kier alpha value is -5.42. The van der Waals surface area contributed by atoms with Crippen molar-refractivity contribution in [1.29, 1.82) is 0 Å². The molecule has 0 aromatic heterocycles. The molecule has 0 aromatic carbocycles. The summed E-state index contributed by atoms with van der Waals surface area (Å²) in [5, 5.41) is 43.0. The summed E-state index contributed by atoms with van der Waals surface area (Å²) in [6, 6.07) is -8.30. The summed E-state index contributed by atoms with van der Waals surface area (Å²) in [7, 11) is 0. The minimum absolute atomic E-state index is 0.130. The number of carboxylic acids is 2. The monoisotopic (exact) mass is 732 g/mol. The number of carboxylic acid groups (broad SMARTS) is 2. The summed E-state index contributed by atoms with van der Waals surface area (Å²) < 4.78 is 0. The first-order valence-corrected chi connectivity index (χ1v) is 15.7. The molecule has 0 heterocycles. The summed E-state index contributed by atoms with van der Waals surface area (Å²) in [5.41, 5.74) is 16.2. The van der Waals surface area contributed by atoms with Crippen LogP contribution < -0.4 is 54.4 Å². The largest absolute Gasteiger partial charge is 0.481 e. The molecule has 0 aliphatic heterocycles. The van der Waals surface area contributed by atoms with Gasteiger partial charge in [-0.15, -0.1) is 0 Å². The van der Waals surface area contributed by atoms with E-state index >= 15 is 0 Å². The SMILES string of the molecule is CC(N)C(=O)NC(CCCCN)C(=O)NC(CO)C(=O)NC(CCC(N)=O)C(=O)NCC(=O)NCC(=O)NC(C)C(=O)NC(CC(=O)O)C(=O)O.